The Labute approximate surface area is 105 Å². The van der Waals surface area contributed by atoms with E-state index in [2.05, 4.69) is 0 Å². The van der Waals surface area contributed by atoms with Crippen LogP contribution in [0.2, 0.25) is 0 Å². The number of esters is 1. The number of hydrogen-bond donors (Lipinski definition) is 0. The molecular formula is C15H12O3. The average molecular weight is 240 g/mol. The molecule has 0 amide bonds. The standard InChI is InChI=1S/C15H12O3/c16-15(18-9-11-4-2-1-3-5-11)13-8-12-6-7-14(13)17-10-12/h1-8H,9-10H2. The van der Waals surface area contributed by atoms with Crippen molar-refractivity contribution in [3.8, 4) is 5.75 Å². The first-order valence-electron chi connectivity index (χ1n) is 5.80. The van der Waals surface area contributed by atoms with E-state index >= 15 is 0 Å². The second kappa shape index (κ2) is 4.53. The second-order valence-electron chi connectivity index (χ2n) is 4.18. The first kappa shape index (κ1) is 10.8. The average Bonchev–Trinajstić information content (AvgIpc) is 2.47. The van der Waals surface area contributed by atoms with Gasteiger partial charge in [0.05, 0.1) is 0 Å². The van der Waals surface area contributed by atoms with Gasteiger partial charge in [0.1, 0.15) is 24.5 Å². The lowest BCUT2D eigenvalue weighted by molar-refractivity contribution is 0.0465. The van der Waals surface area contributed by atoms with Gasteiger partial charge in [0.2, 0.25) is 0 Å². The van der Waals surface area contributed by atoms with Gasteiger partial charge >= 0.3 is 5.97 Å². The molecule has 2 aromatic rings. The smallest absolute Gasteiger partial charge is 0.342 e. The first-order chi connectivity index (χ1) is 8.83. The van der Waals surface area contributed by atoms with Gasteiger partial charge in [0, 0.05) is 0 Å². The fraction of sp³-hybridized carbons (Fsp3) is 0.133. The molecule has 0 radical (unpaired) electrons. The molecule has 0 unspecified atom stereocenters. The highest BCUT2D eigenvalue weighted by Crippen LogP contribution is 2.27. The van der Waals surface area contributed by atoms with Crippen molar-refractivity contribution in [1.82, 2.24) is 0 Å². The molecule has 0 fully saturated rings. The van der Waals surface area contributed by atoms with Crippen LogP contribution in [-0.2, 0) is 18.0 Å². The molecule has 0 atom stereocenters. The lowest BCUT2D eigenvalue weighted by Crippen LogP contribution is -2.13. The van der Waals surface area contributed by atoms with Crippen molar-refractivity contribution >= 4 is 5.97 Å². The van der Waals surface area contributed by atoms with Gasteiger partial charge in [-0.2, -0.15) is 0 Å². The van der Waals surface area contributed by atoms with E-state index in [1.165, 1.54) is 0 Å². The van der Waals surface area contributed by atoms with Crippen molar-refractivity contribution in [1.29, 1.82) is 0 Å². The van der Waals surface area contributed by atoms with Crippen molar-refractivity contribution in [2.75, 3.05) is 0 Å². The van der Waals surface area contributed by atoms with Gasteiger partial charge < -0.3 is 9.47 Å². The molecule has 4 rings (SSSR count). The highest BCUT2D eigenvalue weighted by Gasteiger charge is 2.19. The Morgan fingerprint density at radius 3 is 2.61 bits per heavy atom. The van der Waals surface area contributed by atoms with E-state index in [-0.39, 0.29) is 12.6 Å². The Hall–Kier alpha value is -2.29. The van der Waals surface area contributed by atoms with Gasteiger partial charge in [-0.1, -0.05) is 36.4 Å². The Bertz CT molecular complexity index is 576. The fourth-order valence-electron chi connectivity index (χ4n) is 1.91. The summed E-state index contributed by atoms with van der Waals surface area (Å²) in [6, 6.07) is 15.2. The zero-order valence-electron chi connectivity index (χ0n) is 9.76. The lowest BCUT2D eigenvalue weighted by atomic mass is 10.1. The van der Waals surface area contributed by atoms with Crippen LogP contribution in [0.15, 0.2) is 48.5 Å². The summed E-state index contributed by atoms with van der Waals surface area (Å²) in [4.78, 5) is 11.9. The zero-order valence-corrected chi connectivity index (χ0v) is 9.76. The van der Waals surface area contributed by atoms with Crippen LogP contribution >= 0.6 is 0 Å². The third kappa shape index (κ3) is 2.07. The Morgan fingerprint density at radius 1 is 1.17 bits per heavy atom. The van der Waals surface area contributed by atoms with Crippen molar-refractivity contribution in [2.45, 2.75) is 13.2 Å². The topological polar surface area (TPSA) is 35.5 Å². The molecule has 0 saturated carbocycles. The number of ether oxygens (including phenoxy) is 2. The number of carbonyl (C=O) groups excluding carboxylic acids is 1. The zero-order chi connectivity index (χ0) is 12.4. The van der Waals surface area contributed by atoms with Crippen LogP contribution in [0.3, 0.4) is 0 Å². The van der Waals surface area contributed by atoms with E-state index in [9.17, 15) is 4.79 Å². The van der Waals surface area contributed by atoms with E-state index in [4.69, 9.17) is 9.47 Å². The number of carbonyl (C=O) groups is 1. The number of hydrogen-bond acceptors (Lipinski definition) is 3. The maximum absolute atomic E-state index is 11.9. The summed E-state index contributed by atoms with van der Waals surface area (Å²) in [5.74, 6) is 0.262. The summed E-state index contributed by atoms with van der Waals surface area (Å²) in [6.45, 7) is 0.824. The van der Waals surface area contributed by atoms with Gasteiger partial charge in [-0.25, -0.2) is 4.79 Å². The van der Waals surface area contributed by atoms with E-state index in [1.54, 1.807) is 6.07 Å². The molecule has 2 bridgehead atoms. The van der Waals surface area contributed by atoms with Crippen molar-refractivity contribution < 1.29 is 14.3 Å². The van der Waals surface area contributed by atoms with Gasteiger partial charge in [-0.3, -0.25) is 0 Å². The molecule has 0 spiro atoms. The van der Waals surface area contributed by atoms with Crippen LogP contribution in [0.5, 0.6) is 5.75 Å². The van der Waals surface area contributed by atoms with E-state index < -0.39 is 0 Å². The molecule has 2 aromatic carbocycles. The molecule has 0 aliphatic carbocycles. The molecule has 2 heterocycles. The fourth-order valence-corrected chi connectivity index (χ4v) is 1.91. The second-order valence-corrected chi connectivity index (χ2v) is 4.18. The normalized spacial score (nSPS) is 12.0. The molecule has 2 aliphatic rings. The predicted octanol–water partition coefficient (Wildman–Crippen LogP) is 2.94. The molecule has 2 aliphatic heterocycles. The quantitative estimate of drug-likeness (QED) is 0.774. The highest BCUT2D eigenvalue weighted by atomic mass is 16.5. The van der Waals surface area contributed by atoms with Gasteiger partial charge in [0.15, 0.2) is 0 Å². The van der Waals surface area contributed by atoms with Gasteiger partial charge in [-0.05, 0) is 23.3 Å². The molecule has 90 valence electrons. The number of fused-ring (bicyclic) bond motifs is 3. The predicted molar refractivity (Wildman–Crippen MR) is 66.3 cm³/mol. The van der Waals surface area contributed by atoms with Crippen LogP contribution in [0.25, 0.3) is 0 Å². The molecule has 0 N–H and O–H groups in total. The summed E-state index contributed by atoms with van der Waals surface area (Å²) in [5, 5.41) is 0. The molecule has 3 nitrogen and oxygen atoms in total. The Balaban J connectivity index is 1.71. The first-order valence-corrected chi connectivity index (χ1v) is 5.80. The minimum Gasteiger partial charge on any atom is -0.488 e. The van der Waals surface area contributed by atoms with E-state index in [0.29, 0.717) is 17.9 Å². The Kier molecular flexibility index (Phi) is 2.73. The largest absolute Gasteiger partial charge is 0.488 e. The maximum atomic E-state index is 11.9. The van der Waals surface area contributed by atoms with Crippen molar-refractivity contribution in [2.24, 2.45) is 0 Å². The maximum Gasteiger partial charge on any atom is 0.342 e. The number of rotatable bonds is 3. The Morgan fingerprint density at radius 2 is 2.00 bits per heavy atom. The van der Waals surface area contributed by atoms with Gasteiger partial charge in [-0.15, -0.1) is 0 Å². The summed E-state index contributed by atoms with van der Waals surface area (Å²) < 4.78 is 10.7. The van der Waals surface area contributed by atoms with Crippen LogP contribution in [0, 0.1) is 0 Å². The van der Waals surface area contributed by atoms with E-state index in [1.807, 2.05) is 42.5 Å². The minimum atomic E-state index is -0.338. The summed E-state index contributed by atoms with van der Waals surface area (Å²) in [6.07, 6.45) is 0. The van der Waals surface area contributed by atoms with Crippen LogP contribution in [0.1, 0.15) is 21.5 Å². The van der Waals surface area contributed by atoms with Crippen LogP contribution < -0.4 is 4.74 Å². The summed E-state index contributed by atoms with van der Waals surface area (Å²) in [7, 11) is 0. The lowest BCUT2D eigenvalue weighted by Gasteiger charge is -2.17. The molecule has 3 heteroatoms. The SMILES string of the molecule is O=C(OCc1ccccc1)c1cc2ccc1OC2. The third-order valence-corrected chi connectivity index (χ3v) is 2.87. The van der Waals surface area contributed by atoms with Crippen LogP contribution in [0.4, 0.5) is 0 Å². The molecule has 0 saturated heterocycles. The molecule has 0 aromatic heterocycles. The van der Waals surface area contributed by atoms with Crippen LogP contribution in [-0.4, -0.2) is 5.97 Å². The molecular weight excluding hydrogens is 228 g/mol. The van der Waals surface area contributed by atoms with E-state index in [0.717, 1.165) is 11.1 Å². The third-order valence-electron chi connectivity index (χ3n) is 2.87. The molecule has 18 heavy (non-hydrogen) atoms. The van der Waals surface area contributed by atoms with Crippen molar-refractivity contribution in [3.05, 3.63) is 65.2 Å². The monoisotopic (exact) mass is 240 g/mol. The summed E-state index contributed by atoms with van der Waals surface area (Å²) in [5.41, 5.74) is 2.48. The van der Waals surface area contributed by atoms with Crippen molar-refractivity contribution in [3.63, 3.8) is 0 Å². The van der Waals surface area contributed by atoms with Gasteiger partial charge in [0.25, 0.3) is 0 Å². The summed E-state index contributed by atoms with van der Waals surface area (Å²) >= 11 is 0. The minimum absolute atomic E-state index is 0.281. The number of benzene rings is 2. The highest BCUT2D eigenvalue weighted by molar-refractivity contribution is 5.93.